The first-order valence-corrected chi connectivity index (χ1v) is 7.28. The molecule has 0 fully saturated rings. The van der Waals surface area contributed by atoms with Crippen molar-refractivity contribution in [3.63, 3.8) is 0 Å². The maximum absolute atomic E-state index is 12.6. The molecule has 1 heterocycles. The summed E-state index contributed by atoms with van der Waals surface area (Å²) in [6, 6.07) is 3.99. The van der Waals surface area contributed by atoms with E-state index in [1.165, 1.54) is 12.1 Å². The van der Waals surface area contributed by atoms with Crippen LogP contribution in [0.5, 0.6) is 0 Å². The largest absolute Gasteiger partial charge is 0.416 e. The smallest absolute Gasteiger partial charge is 0.344 e. The zero-order valence-electron chi connectivity index (χ0n) is 13.1. The third kappa shape index (κ3) is 3.81. The molecule has 0 spiro atoms. The van der Waals surface area contributed by atoms with Crippen molar-refractivity contribution in [2.24, 2.45) is 0 Å². The van der Waals surface area contributed by atoms with E-state index in [1.54, 1.807) is 13.8 Å². The summed E-state index contributed by atoms with van der Waals surface area (Å²) >= 11 is 0. The standard InChI is InChI=1S/C16H16F3N3O2/c1-3-12-13(20-8-21-14(12)23)15(24)22-9(2)10-4-6-11(7-5-10)16(17,18)19/h4-9H,3H2,1-2H3,(H,22,24)(H,20,21,23)/t9-/m1/s1. The number of H-pyrrole nitrogens is 1. The Balaban J connectivity index is 2.18. The Kier molecular flexibility index (Phi) is 5.06. The Morgan fingerprint density at radius 1 is 1.29 bits per heavy atom. The predicted molar refractivity (Wildman–Crippen MR) is 81.6 cm³/mol. The van der Waals surface area contributed by atoms with E-state index in [9.17, 15) is 22.8 Å². The van der Waals surface area contributed by atoms with Gasteiger partial charge in [-0.05, 0) is 31.0 Å². The third-order valence-corrected chi connectivity index (χ3v) is 3.60. The number of alkyl halides is 3. The lowest BCUT2D eigenvalue weighted by Gasteiger charge is -2.16. The van der Waals surface area contributed by atoms with Gasteiger partial charge in [-0.1, -0.05) is 19.1 Å². The van der Waals surface area contributed by atoms with Crippen molar-refractivity contribution in [2.75, 3.05) is 0 Å². The van der Waals surface area contributed by atoms with Crippen LogP contribution >= 0.6 is 0 Å². The van der Waals surface area contributed by atoms with Crippen LogP contribution in [0.25, 0.3) is 0 Å². The molecule has 2 rings (SSSR count). The number of hydrogen-bond acceptors (Lipinski definition) is 3. The van der Waals surface area contributed by atoms with Gasteiger partial charge in [-0.3, -0.25) is 9.59 Å². The number of benzene rings is 1. The van der Waals surface area contributed by atoms with E-state index in [2.05, 4.69) is 15.3 Å². The van der Waals surface area contributed by atoms with Crippen molar-refractivity contribution in [1.82, 2.24) is 15.3 Å². The van der Waals surface area contributed by atoms with Crippen LogP contribution in [0.15, 0.2) is 35.4 Å². The number of amides is 1. The minimum absolute atomic E-state index is 0.0139. The van der Waals surface area contributed by atoms with Crippen molar-refractivity contribution in [1.29, 1.82) is 0 Å². The number of nitrogens with one attached hydrogen (secondary N) is 2. The van der Waals surface area contributed by atoms with Gasteiger partial charge in [0.25, 0.3) is 11.5 Å². The molecule has 128 valence electrons. The maximum atomic E-state index is 12.6. The Labute approximate surface area is 135 Å². The summed E-state index contributed by atoms with van der Waals surface area (Å²) in [6.07, 6.45) is -2.93. The number of halogens is 3. The zero-order valence-corrected chi connectivity index (χ0v) is 13.1. The highest BCUT2D eigenvalue weighted by atomic mass is 19.4. The fourth-order valence-corrected chi connectivity index (χ4v) is 2.26. The van der Waals surface area contributed by atoms with Gasteiger partial charge in [0.05, 0.1) is 17.9 Å². The molecule has 1 atom stereocenters. The number of carbonyl (C=O) groups is 1. The van der Waals surface area contributed by atoms with Crippen LogP contribution in [0, 0.1) is 0 Å². The summed E-state index contributed by atoms with van der Waals surface area (Å²) in [5.41, 5.74) is -0.358. The molecule has 0 saturated heterocycles. The molecule has 1 amide bonds. The van der Waals surface area contributed by atoms with Gasteiger partial charge < -0.3 is 10.3 Å². The van der Waals surface area contributed by atoms with Crippen molar-refractivity contribution in [3.05, 3.63) is 63.3 Å². The van der Waals surface area contributed by atoms with Crippen molar-refractivity contribution >= 4 is 5.91 Å². The number of nitrogens with zero attached hydrogens (tertiary/aromatic N) is 1. The van der Waals surface area contributed by atoms with Gasteiger partial charge in [0, 0.05) is 5.56 Å². The topological polar surface area (TPSA) is 74.8 Å². The summed E-state index contributed by atoms with van der Waals surface area (Å²) in [5.74, 6) is -0.551. The third-order valence-electron chi connectivity index (χ3n) is 3.60. The molecule has 24 heavy (non-hydrogen) atoms. The molecule has 1 aromatic carbocycles. The summed E-state index contributed by atoms with van der Waals surface area (Å²) in [6.45, 7) is 3.36. The van der Waals surface area contributed by atoms with E-state index >= 15 is 0 Å². The molecule has 0 radical (unpaired) electrons. The summed E-state index contributed by atoms with van der Waals surface area (Å²) in [4.78, 5) is 30.2. The summed E-state index contributed by atoms with van der Waals surface area (Å²) in [7, 11) is 0. The molecule has 0 aliphatic carbocycles. The van der Waals surface area contributed by atoms with Crippen LogP contribution in [0.1, 0.15) is 47.1 Å². The predicted octanol–water partition coefficient (Wildman–Crippen LogP) is 2.84. The zero-order chi connectivity index (χ0) is 17.9. The highest BCUT2D eigenvalue weighted by Crippen LogP contribution is 2.29. The fraction of sp³-hybridized carbons (Fsp3) is 0.312. The van der Waals surface area contributed by atoms with Crippen LogP contribution < -0.4 is 10.9 Å². The average Bonchev–Trinajstić information content (AvgIpc) is 2.53. The van der Waals surface area contributed by atoms with Gasteiger partial charge in [-0.15, -0.1) is 0 Å². The van der Waals surface area contributed by atoms with Gasteiger partial charge in [0.1, 0.15) is 5.69 Å². The van der Waals surface area contributed by atoms with Crippen molar-refractivity contribution in [3.8, 4) is 0 Å². The van der Waals surface area contributed by atoms with Gasteiger partial charge in [0.2, 0.25) is 0 Å². The first-order chi connectivity index (χ1) is 11.2. The molecular formula is C16H16F3N3O2. The normalized spacial score (nSPS) is 12.7. The van der Waals surface area contributed by atoms with E-state index in [0.717, 1.165) is 18.5 Å². The second-order valence-electron chi connectivity index (χ2n) is 5.23. The van der Waals surface area contributed by atoms with Crippen molar-refractivity contribution in [2.45, 2.75) is 32.5 Å². The minimum Gasteiger partial charge on any atom is -0.344 e. The second kappa shape index (κ2) is 6.86. The SMILES string of the molecule is CCc1c(C(=O)N[C@H](C)c2ccc(C(F)(F)F)cc2)nc[nH]c1=O. The van der Waals surface area contributed by atoms with Gasteiger partial charge >= 0.3 is 6.18 Å². The highest BCUT2D eigenvalue weighted by Gasteiger charge is 2.30. The average molecular weight is 339 g/mol. The van der Waals surface area contributed by atoms with E-state index in [-0.39, 0.29) is 16.8 Å². The van der Waals surface area contributed by atoms with Gasteiger partial charge in [0.15, 0.2) is 0 Å². The monoisotopic (exact) mass is 339 g/mol. The highest BCUT2D eigenvalue weighted by molar-refractivity contribution is 5.93. The fourth-order valence-electron chi connectivity index (χ4n) is 2.26. The molecule has 5 nitrogen and oxygen atoms in total. The Morgan fingerprint density at radius 2 is 1.92 bits per heavy atom. The van der Waals surface area contributed by atoms with Crippen LogP contribution in [0.2, 0.25) is 0 Å². The lowest BCUT2D eigenvalue weighted by molar-refractivity contribution is -0.137. The molecule has 8 heteroatoms. The molecule has 0 saturated carbocycles. The van der Waals surface area contributed by atoms with Gasteiger partial charge in [-0.2, -0.15) is 13.2 Å². The molecule has 0 aliphatic rings. The van der Waals surface area contributed by atoms with Crippen LogP contribution in [0.3, 0.4) is 0 Å². The van der Waals surface area contributed by atoms with Gasteiger partial charge in [-0.25, -0.2) is 4.98 Å². The van der Waals surface area contributed by atoms with E-state index in [1.807, 2.05) is 0 Å². The first-order valence-electron chi connectivity index (χ1n) is 7.28. The van der Waals surface area contributed by atoms with Crippen LogP contribution in [-0.2, 0) is 12.6 Å². The second-order valence-corrected chi connectivity index (χ2v) is 5.23. The molecule has 2 aromatic rings. The quantitative estimate of drug-likeness (QED) is 0.899. The Hall–Kier alpha value is -2.64. The summed E-state index contributed by atoms with van der Waals surface area (Å²) < 4.78 is 37.7. The molecular weight excluding hydrogens is 323 g/mol. The van der Waals surface area contributed by atoms with Crippen LogP contribution in [0.4, 0.5) is 13.2 Å². The maximum Gasteiger partial charge on any atom is 0.416 e. The molecule has 0 bridgehead atoms. The molecule has 0 unspecified atom stereocenters. The number of rotatable bonds is 4. The number of aromatic amines is 1. The molecule has 0 aliphatic heterocycles. The number of carbonyl (C=O) groups excluding carboxylic acids is 1. The number of aromatic nitrogens is 2. The minimum atomic E-state index is -4.41. The number of hydrogen-bond donors (Lipinski definition) is 2. The molecule has 2 N–H and O–H groups in total. The lowest BCUT2D eigenvalue weighted by atomic mass is 10.1. The Morgan fingerprint density at radius 3 is 2.46 bits per heavy atom. The van der Waals surface area contributed by atoms with E-state index in [0.29, 0.717) is 12.0 Å². The Bertz CT molecular complexity index is 782. The van der Waals surface area contributed by atoms with Crippen molar-refractivity contribution < 1.29 is 18.0 Å². The summed E-state index contributed by atoms with van der Waals surface area (Å²) in [5, 5.41) is 2.64. The molecule has 1 aromatic heterocycles. The van der Waals surface area contributed by atoms with Crippen LogP contribution in [-0.4, -0.2) is 15.9 Å². The lowest BCUT2D eigenvalue weighted by Crippen LogP contribution is -2.31. The van der Waals surface area contributed by atoms with E-state index < -0.39 is 23.7 Å². The first kappa shape index (κ1) is 17.7. The van der Waals surface area contributed by atoms with E-state index in [4.69, 9.17) is 0 Å².